The fourth-order valence-corrected chi connectivity index (χ4v) is 16.4. The van der Waals surface area contributed by atoms with Gasteiger partial charge in [-0.15, -0.1) is 0 Å². The molecule has 0 aliphatic heterocycles. The second kappa shape index (κ2) is 2.05. The van der Waals surface area contributed by atoms with E-state index >= 15 is 0 Å². The SMILES string of the molecule is CCC12C3[C@@H]4[C@@H]5C6C7C8[C@@H]9[C@@H]6[C@@H]4C1[C@H]9[C@@H]1C2[C@H]2[C@@H](C7[C@@H]5[C@@H]32)[C@H]81. The zero-order chi connectivity index (χ0) is 13.2. The molecule has 0 saturated heterocycles. The molecule has 0 N–H and O–H groups in total. The summed E-state index contributed by atoms with van der Waals surface area (Å²) in [7, 11) is 0. The first kappa shape index (κ1) is 9.47. The van der Waals surface area contributed by atoms with Crippen LogP contribution in [0.5, 0.6) is 0 Å². The van der Waals surface area contributed by atoms with Crippen molar-refractivity contribution in [1.82, 2.24) is 0 Å². The Bertz CT molecular complexity index is 620. The van der Waals surface area contributed by atoms with Crippen molar-refractivity contribution >= 4 is 0 Å². The molecule has 112 valence electrons. The van der Waals surface area contributed by atoms with E-state index in [2.05, 4.69) is 6.92 Å². The molecule has 12 aliphatic carbocycles. The summed E-state index contributed by atoms with van der Waals surface area (Å²) in [6.45, 7) is 2.66. The van der Waals surface area contributed by atoms with Crippen LogP contribution >= 0.6 is 0 Å². The van der Waals surface area contributed by atoms with Crippen molar-refractivity contribution in [3.8, 4) is 0 Å². The van der Waals surface area contributed by atoms with Gasteiger partial charge < -0.3 is 0 Å². The van der Waals surface area contributed by atoms with E-state index in [1.165, 1.54) is 112 Å². The van der Waals surface area contributed by atoms with Gasteiger partial charge in [-0.3, -0.25) is 0 Å². The minimum atomic E-state index is 0.943. The Morgan fingerprint density at radius 3 is 0.864 bits per heavy atom. The maximum Gasteiger partial charge on any atom is -0.0198 e. The van der Waals surface area contributed by atoms with Gasteiger partial charge in [-0.2, -0.15) is 0 Å². The van der Waals surface area contributed by atoms with E-state index in [9.17, 15) is 0 Å². The smallest absolute Gasteiger partial charge is 0.0198 e. The van der Waals surface area contributed by atoms with Gasteiger partial charge in [-0.25, -0.2) is 0 Å². The molecule has 22 heavy (non-hydrogen) atoms. The first-order chi connectivity index (χ1) is 10.9. The summed E-state index contributed by atoms with van der Waals surface area (Å²) in [5.41, 5.74) is 0.943. The molecule has 0 heterocycles. The Labute approximate surface area is 131 Å². The molecular weight excluding hydrogens is 264 g/mol. The summed E-state index contributed by atoms with van der Waals surface area (Å²) >= 11 is 0. The fourth-order valence-electron chi connectivity index (χ4n) is 16.4. The number of hydrogen-bond donors (Lipinski definition) is 0. The number of rotatable bonds is 1. The third kappa shape index (κ3) is 0.434. The van der Waals surface area contributed by atoms with Crippen molar-refractivity contribution in [2.75, 3.05) is 0 Å². The predicted octanol–water partition coefficient (Wildman–Crippen LogP) is 3.24. The molecule has 0 amide bonds. The molecule has 0 radical (unpaired) electrons. The zero-order valence-electron chi connectivity index (χ0n) is 13.2. The minimum absolute atomic E-state index is 0.943. The van der Waals surface area contributed by atoms with Crippen molar-refractivity contribution in [1.29, 1.82) is 0 Å². The maximum atomic E-state index is 2.66. The number of hydrogen-bond acceptors (Lipinski definition) is 0. The van der Waals surface area contributed by atoms with Gasteiger partial charge in [-0.1, -0.05) is 6.92 Å². The minimum Gasteiger partial charge on any atom is -0.0648 e. The van der Waals surface area contributed by atoms with Crippen LogP contribution in [0.15, 0.2) is 0 Å². The zero-order valence-corrected chi connectivity index (χ0v) is 13.2. The largest absolute Gasteiger partial charge is 0.0648 e. The molecule has 12 saturated carbocycles. The van der Waals surface area contributed by atoms with Crippen molar-refractivity contribution in [3.63, 3.8) is 0 Å². The average molecular weight is 288 g/mol. The van der Waals surface area contributed by atoms with Crippen LogP contribution in [-0.2, 0) is 0 Å². The van der Waals surface area contributed by atoms with Gasteiger partial charge in [0.1, 0.15) is 0 Å². The lowest BCUT2D eigenvalue weighted by Crippen LogP contribution is -2.35. The molecule has 0 heteroatoms. The second-order valence-corrected chi connectivity index (χ2v) is 12.3. The Morgan fingerprint density at radius 1 is 0.409 bits per heavy atom. The Balaban J connectivity index is 1.46. The van der Waals surface area contributed by atoms with Crippen LogP contribution in [0.1, 0.15) is 13.3 Å². The topological polar surface area (TPSA) is 0 Å². The van der Waals surface area contributed by atoms with Crippen LogP contribution in [0.3, 0.4) is 0 Å². The lowest BCUT2D eigenvalue weighted by atomic mass is 9.65. The monoisotopic (exact) mass is 288 g/mol. The van der Waals surface area contributed by atoms with Crippen LogP contribution < -0.4 is 0 Å². The molecule has 0 spiro atoms. The van der Waals surface area contributed by atoms with Crippen LogP contribution in [0.2, 0.25) is 0 Å². The van der Waals surface area contributed by atoms with E-state index in [0.29, 0.717) is 0 Å². The fraction of sp³-hybridized carbons (Fsp3) is 1.00. The molecule has 12 aliphatic rings. The third-order valence-corrected chi connectivity index (χ3v) is 14.3. The third-order valence-electron chi connectivity index (χ3n) is 14.3. The molecule has 20 atom stereocenters. The highest BCUT2D eigenvalue weighted by Crippen LogP contribution is 3.04. The molecule has 0 aromatic carbocycles. The highest BCUT2D eigenvalue weighted by molar-refractivity contribution is 5.47. The van der Waals surface area contributed by atoms with E-state index in [1.807, 2.05) is 0 Å². The highest BCUT2D eigenvalue weighted by Gasteiger charge is 3.01. The van der Waals surface area contributed by atoms with Gasteiger partial charge in [0.25, 0.3) is 0 Å². The van der Waals surface area contributed by atoms with Crippen molar-refractivity contribution in [3.05, 3.63) is 0 Å². The molecule has 8 unspecified atom stereocenters. The van der Waals surface area contributed by atoms with Gasteiger partial charge in [-0.05, 0) is 124 Å². The van der Waals surface area contributed by atoms with Crippen molar-refractivity contribution < 1.29 is 0 Å². The van der Waals surface area contributed by atoms with Gasteiger partial charge in [0.15, 0.2) is 0 Å². The molecule has 0 bridgehead atoms. The highest BCUT2D eigenvalue weighted by atomic mass is 15.1. The summed E-state index contributed by atoms with van der Waals surface area (Å²) in [4.78, 5) is 0. The molecule has 12 rings (SSSR count). The standard InChI is InChI=1S/C22H24/c1-2-22-19-13-7-4-3-5-9(7)15(19)17-11(5)12-6(3)10-8(4)14(13)20(22)16(10)18(12)21(17)22/h3-21H,2H2,1H3/t3?,4?,5?,6?,7-,8-,9-,10+,11+,12+,13-,14+,15+,16+,17+,18-,19?,20?,21?,22?/m0/s1. The molecular formula is C22H24. The van der Waals surface area contributed by atoms with Gasteiger partial charge in [0.2, 0.25) is 0 Å². The summed E-state index contributed by atoms with van der Waals surface area (Å²) < 4.78 is 0. The molecule has 0 nitrogen and oxygen atoms in total. The Morgan fingerprint density at radius 2 is 0.636 bits per heavy atom. The van der Waals surface area contributed by atoms with Gasteiger partial charge in [0, 0.05) is 0 Å². The normalized spacial score (nSPS) is 103. The lowest BCUT2D eigenvalue weighted by Gasteiger charge is -2.39. The average Bonchev–Trinajstić information content (AvgIpc) is 3.18. The summed E-state index contributed by atoms with van der Waals surface area (Å²) in [6.07, 6.45) is 1.61. The van der Waals surface area contributed by atoms with Crippen molar-refractivity contribution in [2.45, 2.75) is 13.3 Å². The summed E-state index contributed by atoms with van der Waals surface area (Å²) in [6, 6.07) is 0. The van der Waals surface area contributed by atoms with Crippen LogP contribution in [-0.4, -0.2) is 0 Å². The summed E-state index contributed by atoms with van der Waals surface area (Å²) in [5.74, 6) is 24.9. The van der Waals surface area contributed by atoms with Crippen LogP contribution in [0.25, 0.3) is 0 Å². The molecule has 0 aromatic rings. The first-order valence-corrected chi connectivity index (χ1v) is 10.9. The van der Waals surface area contributed by atoms with E-state index in [4.69, 9.17) is 0 Å². The predicted molar refractivity (Wildman–Crippen MR) is 79.0 cm³/mol. The molecule has 12 fully saturated rings. The van der Waals surface area contributed by atoms with Gasteiger partial charge in [0.05, 0.1) is 0 Å². The lowest BCUT2D eigenvalue weighted by molar-refractivity contribution is 0.0784. The Hall–Kier alpha value is 0. The summed E-state index contributed by atoms with van der Waals surface area (Å²) in [5, 5.41) is 0. The second-order valence-electron chi connectivity index (χ2n) is 12.3. The van der Waals surface area contributed by atoms with E-state index < -0.39 is 0 Å². The maximum absolute atomic E-state index is 2.66. The van der Waals surface area contributed by atoms with Crippen LogP contribution in [0, 0.1) is 118 Å². The van der Waals surface area contributed by atoms with Crippen LogP contribution in [0.4, 0.5) is 0 Å². The first-order valence-electron chi connectivity index (χ1n) is 10.9. The van der Waals surface area contributed by atoms with E-state index in [0.717, 1.165) is 5.41 Å². The Kier molecular flexibility index (Phi) is 0.883. The molecule has 0 aromatic heterocycles. The van der Waals surface area contributed by atoms with E-state index in [1.54, 1.807) is 6.42 Å². The van der Waals surface area contributed by atoms with Crippen molar-refractivity contribution in [2.24, 2.45) is 118 Å². The van der Waals surface area contributed by atoms with Gasteiger partial charge >= 0.3 is 0 Å². The quantitative estimate of drug-likeness (QED) is 0.695. The van der Waals surface area contributed by atoms with E-state index in [-0.39, 0.29) is 0 Å².